The van der Waals surface area contributed by atoms with Gasteiger partial charge < -0.3 is 9.80 Å². The maximum absolute atomic E-state index is 5.82. The first-order valence-corrected chi connectivity index (χ1v) is 6.55. The Morgan fingerprint density at radius 3 is 2.59 bits per heavy atom. The number of anilines is 1. The van der Waals surface area contributed by atoms with E-state index in [0.29, 0.717) is 11.9 Å². The van der Waals surface area contributed by atoms with E-state index < -0.39 is 0 Å². The smallest absolute Gasteiger partial charge is 0.129 e. The molecule has 0 radical (unpaired) electrons. The summed E-state index contributed by atoms with van der Waals surface area (Å²) in [5.41, 5.74) is 0.930. The topological polar surface area (TPSA) is 19.4 Å². The van der Waals surface area contributed by atoms with Crippen molar-refractivity contribution in [1.29, 1.82) is 0 Å². The molecule has 0 bridgehead atoms. The van der Waals surface area contributed by atoms with Crippen molar-refractivity contribution in [3.05, 3.63) is 23.9 Å². The van der Waals surface area contributed by atoms with Gasteiger partial charge in [0.15, 0.2) is 0 Å². The molecule has 3 nitrogen and oxygen atoms in total. The van der Waals surface area contributed by atoms with E-state index >= 15 is 0 Å². The number of hydrogen-bond donors (Lipinski definition) is 0. The van der Waals surface area contributed by atoms with Gasteiger partial charge in [-0.3, -0.25) is 0 Å². The van der Waals surface area contributed by atoms with Crippen LogP contribution in [0.15, 0.2) is 18.2 Å². The molecule has 0 aliphatic heterocycles. The molecule has 0 spiro atoms. The largest absolute Gasteiger partial charge is 0.353 e. The predicted octanol–water partition coefficient (Wildman–Crippen LogP) is 2.60. The predicted molar refractivity (Wildman–Crippen MR) is 74.8 cm³/mol. The fourth-order valence-corrected chi connectivity index (χ4v) is 2.18. The van der Waals surface area contributed by atoms with Crippen LogP contribution >= 0.6 is 11.6 Å². The highest BCUT2D eigenvalue weighted by Gasteiger charge is 2.14. The minimum Gasteiger partial charge on any atom is -0.353 e. The van der Waals surface area contributed by atoms with E-state index in [9.17, 15) is 0 Å². The van der Waals surface area contributed by atoms with E-state index in [0.717, 1.165) is 24.6 Å². The number of likely N-dealkylation sites (N-methyl/N-ethyl adjacent to an activating group) is 2. The lowest BCUT2D eigenvalue weighted by molar-refractivity contribution is 0.372. The highest BCUT2D eigenvalue weighted by Crippen LogP contribution is 2.15. The first-order chi connectivity index (χ1) is 8.08. The molecular formula is C13H22ClN3. The quantitative estimate of drug-likeness (QED) is 0.729. The first-order valence-electron chi connectivity index (χ1n) is 6.01. The molecule has 0 aliphatic carbocycles. The van der Waals surface area contributed by atoms with Crippen LogP contribution in [0.25, 0.3) is 0 Å². The van der Waals surface area contributed by atoms with Gasteiger partial charge in [0, 0.05) is 19.1 Å². The van der Waals surface area contributed by atoms with Crippen molar-refractivity contribution in [2.45, 2.75) is 25.8 Å². The van der Waals surface area contributed by atoms with E-state index in [1.807, 2.05) is 18.2 Å². The maximum Gasteiger partial charge on any atom is 0.129 e. The van der Waals surface area contributed by atoms with E-state index in [2.05, 4.69) is 42.7 Å². The third-order valence-electron chi connectivity index (χ3n) is 2.73. The molecule has 1 heterocycles. The Balaban J connectivity index is 2.84. The third-order valence-corrected chi connectivity index (χ3v) is 3.00. The molecule has 1 rings (SSSR count). The van der Waals surface area contributed by atoms with Gasteiger partial charge >= 0.3 is 0 Å². The van der Waals surface area contributed by atoms with E-state index in [4.69, 9.17) is 11.6 Å². The Hall–Kier alpha value is -0.800. The van der Waals surface area contributed by atoms with Gasteiger partial charge in [0.25, 0.3) is 0 Å². The van der Waals surface area contributed by atoms with Gasteiger partial charge in [-0.05, 0) is 40.1 Å². The van der Waals surface area contributed by atoms with Crippen molar-refractivity contribution >= 4 is 17.4 Å². The number of nitrogens with zero attached hydrogens (tertiary/aromatic N) is 3. The molecule has 0 aromatic carbocycles. The SMILES string of the molecule is CCN(c1cccc(CCl)n1)C(C)CN(C)C. The van der Waals surface area contributed by atoms with Crippen molar-refractivity contribution in [3.8, 4) is 0 Å². The van der Waals surface area contributed by atoms with Gasteiger partial charge in [-0.15, -0.1) is 11.6 Å². The summed E-state index contributed by atoms with van der Waals surface area (Å²) >= 11 is 5.82. The molecule has 0 aliphatic rings. The zero-order valence-electron chi connectivity index (χ0n) is 11.2. The molecule has 4 heteroatoms. The molecule has 1 aromatic heterocycles. The highest BCUT2D eigenvalue weighted by atomic mass is 35.5. The van der Waals surface area contributed by atoms with E-state index in [1.54, 1.807) is 0 Å². The molecule has 1 aromatic rings. The van der Waals surface area contributed by atoms with Crippen LogP contribution in [0.3, 0.4) is 0 Å². The lowest BCUT2D eigenvalue weighted by Gasteiger charge is -2.31. The summed E-state index contributed by atoms with van der Waals surface area (Å²) in [5.74, 6) is 1.48. The summed E-state index contributed by atoms with van der Waals surface area (Å²) in [6.07, 6.45) is 0. The summed E-state index contributed by atoms with van der Waals surface area (Å²) in [6, 6.07) is 6.46. The third kappa shape index (κ3) is 4.17. The van der Waals surface area contributed by atoms with Crippen molar-refractivity contribution < 1.29 is 0 Å². The van der Waals surface area contributed by atoms with Crippen LogP contribution in [0.1, 0.15) is 19.5 Å². The second-order valence-electron chi connectivity index (χ2n) is 4.52. The molecule has 0 N–H and O–H groups in total. The molecule has 96 valence electrons. The average molecular weight is 256 g/mol. The Morgan fingerprint density at radius 1 is 1.35 bits per heavy atom. The number of pyridine rings is 1. The number of rotatable bonds is 6. The lowest BCUT2D eigenvalue weighted by Crippen LogP contribution is -2.40. The molecular weight excluding hydrogens is 234 g/mol. The van der Waals surface area contributed by atoms with Crippen LogP contribution in [0.2, 0.25) is 0 Å². The van der Waals surface area contributed by atoms with Crippen LogP contribution < -0.4 is 4.90 Å². The molecule has 1 atom stereocenters. The second kappa shape index (κ2) is 6.82. The molecule has 0 amide bonds. The molecule has 0 saturated heterocycles. The fourth-order valence-electron chi connectivity index (χ4n) is 2.03. The molecule has 17 heavy (non-hydrogen) atoms. The summed E-state index contributed by atoms with van der Waals surface area (Å²) in [5, 5.41) is 0. The highest BCUT2D eigenvalue weighted by molar-refractivity contribution is 6.16. The van der Waals surface area contributed by atoms with Crippen LogP contribution in [0.4, 0.5) is 5.82 Å². The second-order valence-corrected chi connectivity index (χ2v) is 4.79. The normalized spacial score (nSPS) is 12.8. The minimum absolute atomic E-state index is 0.438. The van der Waals surface area contributed by atoms with E-state index in [1.165, 1.54) is 0 Å². The fraction of sp³-hybridized carbons (Fsp3) is 0.615. The zero-order valence-corrected chi connectivity index (χ0v) is 11.9. The summed E-state index contributed by atoms with van der Waals surface area (Å²) in [4.78, 5) is 9.06. The van der Waals surface area contributed by atoms with E-state index in [-0.39, 0.29) is 0 Å². The summed E-state index contributed by atoms with van der Waals surface area (Å²) in [6.45, 7) is 6.34. The number of hydrogen-bond acceptors (Lipinski definition) is 3. The molecule has 0 saturated carbocycles. The minimum atomic E-state index is 0.438. The Labute approximate surface area is 109 Å². The zero-order chi connectivity index (χ0) is 12.8. The van der Waals surface area contributed by atoms with Gasteiger partial charge in [0.2, 0.25) is 0 Å². The lowest BCUT2D eigenvalue weighted by atomic mass is 10.2. The number of halogens is 1. The Morgan fingerprint density at radius 2 is 2.06 bits per heavy atom. The van der Waals surface area contributed by atoms with Crippen LogP contribution in [-0.2, 0) is 5.88 Å². The van der Waals surface area contributed by atoms with Crippen LogP contribution in [0, 0.1) is 0 Å². The monoisotopic (exact) mass is 255 g/mol. The molecule has 0 fully saturated rings. The van der Waals surface area contributed by atoms with Gasteiger partial charge in [-0.2, -0.15) is 0 Å². The summed E-state index contributed by atoms with van der Waals surface area (Å²) in [7, 11) is 4.18. The van der Waals surface area contributed by atoms with Gasteiger partial charge in [0.1, 0.15) is 5.82 Å². The van der Waals surface area contributed by atoms with Gasteiger partial charge in [-0.1, -0.05) is 6.07 Å². The Bertz CT molecular complexity index is 341. The van der Waals surface area contributed by atoms with Gasteiger partial charge in [-0.25, -0.2) is 4.98 Å². The molecule has 1 unspecified atom stereocenters. The number of aromatic nitrogens is 1. The summed E-state index contributed by atoms with van der Waals surface area (Å²) < 4.78 is 0. The maximum atomic E-state index is 5.82. The van der Waals surface area contributed by atoms with Crippen LogP contribution in [-0.4, -0.2) is 43.1 Å². The van der Waals surface area contributed by atoms with Crippen molar-refractivity contribution in [1.82, 2.24) is 9.88 Å². The Kier molecular flexibility index (Phi) is 5.72. The standard InChI is InChI=1S/C13H22ClN3/c1-5-17(11(2)10-16(3)4)13-8-6-7-12(9-14)15-13/h6-8,11H,5,9-10H2,1-4H3. The van der Waals surface area contributed by atoms with Crippen molar-refractivity contribution in [2.75, 3.05) is 32.1 Å². The first kappa shape index (κ1) is 14.3. The number of alkyl halides is 1. The average Bonchev–Trinajstić information content (AvgIpc) is 2.29. The van der Waals surface area contributed by atoms with Gasteiger partial charge in [0.05, 0.1) is 11.6 Å². The van der Waals surface area contributed by atoms with Crippen LogP contribution in [0.5, 0.6) is 0 Å². The van der Waals surface area contributed by atoms with Crippen molar-refractivity contribution in [2.24, 2.45) is 0 Å². The van der Waals surface area contributed by atoms with Crippen molar-refractivity contribution in [3.63, 3.8) is 0 Å².